The average Bonchev–Trinajstić information content (AvgIpc) is 3.00. The molecule has 0 unspecified atom stereocenters. The van der Waals surface area contributed by atoms with E-state index < -0.39 is 0 Å². The fraction of sp³-hybridized carbons (Fsp3) is 0.368. The molecule has 0 spiro atoms. The van der Waals surface area contributed by atoms with E-state index in [0.29, 0.717) is 6.54 Å². The zero-order valence-electron chi connectivity index (χ0n) is 13.7. The second-order valence-electron chi connectivity index (χ2n) is 6.34. The summed E-state index contributed by atoms with van der Waals surface area (Å²) in [4.78, 5) is 14.6. The maximum atomic E-state index is 12.6. The van der Waals surface area contributed by atoms with Crippen molar-refractivity contribution in [3.8, 4) is 17.3 Å². The number of pyridine rings is 1. The Morgan fingerprint density at radius 3 is 2.70 bits per heavy atom. The van der Waals surface area contributed by atoms with Crippen LogP contribution in [-0.2, 0) is 19.4 Å². The van der Waals surface area contributed by atoms with Gasteiger partial charge in [-0.1, -0.05) is 12.1 Å². The molecule has 0 atom stereocenters. The first-order valence-electron chi connectivity index (χ1n) is 8.01. The normalized spacial score (nSPS) is 13.1. The van der Waals surface area contributed by atoms with Gasteiger partial charge in [0.2, 0.25) is 0 Å². The number of hydrogen-bond donors (Lipinski definition) is 0. The molecule has 0 saturated carbocycles. The first kappa shape index (κ1) is 15.5. The molecule has 0 N–H and O–H groups in total. The van der Waals surface area contributed by atoms with E-state index in [1.165, 1.54) is 17.5 Å². The number of nitriles is 1. The van der Waals surface area contributed by atoms with Crippen molar-refractivity contribution < 1.29 is 0 Å². The summed E-state index contributed by atoms with van der Waals surface area (Å²) in [5, 5.41) is 9.13. The highest BCUT2D eigenvalue weighted by Crippen LogP contribution is 2.27. The Bertz CT molecular complexity index is 827. The van der Waals surface area contributed by atoms with Crippen molar-refractivity contribution in [1.29, 1.82) is 5.26 Å². The van der Waals surface area contributed by atoms with Crippen LogP contribution in [0, 0.1) is 11.3 Å². The Morgan fingerprint density at radius 1 is 1.17 bits per heavy atom. The van der Waals surface area contributed by atoms with Crippen LogP contribution in [-0.4, -0.2) is 30.1 Å². The van der Waals surface area contributed by atoms with Crippen LogP contribution in [0.1, 0.15) is 23.1 Å². The monoisotopic (exact) mass is 307 g/mol. The summed E-state index contributed by atoms with van der Waals surface area (Å²) in [7, 11) is 3.96. The lowest BCUT2D eigenvalue weighted by Crippen LogP contribution is -2.29. The van der Waals surface area contributed by atoms with Gasteiger partial charge >= 0.3 is 0 Å². The van der Waals surface area contributed by atoms with E-state index in [0.717, 1.165) is 30.6 Å². The van der Waals surface area contributed by atoms with Gasteiger partial charge in [0.25, 0.3) is 5.56 Å². The van der Waals surface area contributed by atoms with Crippen molar-refractivity contribution in [3.05, 3.63) is 57.4 Å². The molecule has 1 aromatic heterocycles. The molecule has 0 radical (unpaired) electrons. The Balaban J connectivity index is 2.09. The molecule has 4 nitrogen and oxygen atoms in total. The number of rotatable bonds is 4. The average molecular weight is 307 g/mol. The van der Waals surface area contributed by atoms with Gasteiger partial charge in [0.1, 0.15) is 11.6 Å². The van der Waals surface area contributed by atoms with Gasteiger partial charge in [-0.2, -0.15) is 5.26 Å². The standard InChI is InChI=1S/C19H21N3O/c1-21(2)10-11-22-18(9-8-17(13-20)19(22)23)16-7-6-14-4-3-5-15(14)12-16/h6-9,12H,3-5,10-11H2,1-2H3. The van der Waals surface area contributed by atoms with Crippen LogP contribution in [0.2, 0.25) is 0 Å². The molecule has 1 aromatic carbocycles. The summed E-state index contributed by atoms with van der Waals surface area (Å²) in [6.07, 6.45) is 3.47. The molecule has 0 aliphatic heterocycles. The van der Waals surface area contributed by atoms with Crippen molar-refractivity contribution in [3.63, 3.8) is 0 Å². The number of aromatic nitrogens is 1. The van der Waals surface area contributed by atoms with E-state index in [-0.39, 0.29) is 11.1 Å². The van der Waals surface area contributed by atoms with Crippen LogP contribution < -0.4 is 5.56 Å². The minimum absolute atomic E-state index is 0.202. The van der Waals surface area contributed by atoms with Crippen LogP contribution >= 0.6 is 0 Å². The molecule has 2 aromatic rings. The maximum Gasteiger partial charge on any atom is 0.268 e. The number of hydrogen-bond acceptors (Lipinski definition) is 3. The number of aryl methyl sites for hydroxylation is 2. The molecule has 1 aliphatic rings. The zero-order chi connectivity index (χ0) is 16.4. The van der Waals surface area contributed by atoms with Crippen molar-refractivity contribution in [2.45, 2.75) is 25.8 Å². The molecule has 0 bridgehead atoms. The van der Waals surface area contributed by atoms with Crippen LogP contribution in [0.4, 0.5) is 0 Å². The van der Waals surface area contributed by atoms with Crippen molar-refractivity contribution in [2.24, 2.45) is 0 Å². The summed E-state index contributed by atoms with van der Waals surface area (Å²) >= 11 is 0. The number of benzene rings is 1. The topological polar surface area (TPSA) is 49.0 Å². The van der Waals surface area contributed by atoms with Crippen molar-refractivity contribution in [1.82, 2.24) is 9.47 Å². The third kappa shape index (κ3) is 3.06. The minimum atomic E-state index is -0.202. The second-order valence-corrected chi connectivity index (χ2v) is 6.34. The van der Waals surface area contributed by atoms with Gasteiger partial charge in [-0.3, -0.25) is 4.79 Å². The smallest absolute Gasteiger partial charge is 0.268 e. The number of fused-ring (bicyclic) bond motifs is 1. The van der Waals surface area contributed by atoms with Crippen LogP contribution in [0.25, 0.3) is 11.3 Å². The lowest BCUT2D eigenvalue weighted by molar-refractivity contribution is 0.382. The molecule has 3 rings (SSSR count). The van der Waals surface area contributed by atoms with E-state index in [1.54, 1.807) is 10.6 Å². The molecule has 0 fully saturated rings. The molecule has 1 aliphatic carbocycles. The summed E-state index contributed by atoms with van der Waals surface area (Å²) < 4.78 is 1.73. The minimum Gasteiger partial charge on any atom is -0.308 e. The van der Waals surface area contributed by atoms with Gasteiger partial charge in [0.15, 0.2) is 0 Å². The van der Waals surface area contributed by atoms with Gasteiger partial charge in [-0.25, -0.2) is 0 Å². The lowest BCUT2D eigenvalue weighted by atomic mass is 10.0. The van der Waals surface area contributed by atoms with Crippen LogP contribution in [0.3, 0.4) is 0 Å². The Morgan fingerprint density at radius 2 is 1.96 bits per heavy atom. The SMILES string of the molecule is CN(C)CCn1c(-c2ccc3c(c2)CCC3)ccc(C#N)c1=O. The van der Waals surface area contributed by atoms with Gasteiger partial charge in [-0.05, 0) is 68.2 Å². The fourth-order valence-corrected chi connectivity index (χ4v) is 3.17. The molecule has 0 saturated heterocycles. The summed E-state index contributed by atoms with van der Waals surface area (Å²) in [5.41, 5.74) is 4.76. The predicted molar refractivity (Wildman–Crippen MR) is 91.4 cm³/mol. The van der Waals surface area contributed by atoms with Crippen LogP contribution in [0.5, 0.6) is 0 Å². The Hall–Kier alpha value is -2.38. The van der Waals surface area contributed by atoms with Gasteiger partial charge in [0, 0.05) is 13.1 Å². The third-order valence-corrected chi connectivity index (χ3v) is 4.46. The first-order valence-corrected chi connectivity index (χ1v) is 8.01. The van der Waals surface area contributed by atoms with Crippen molar-refractivity contribution >= 4 is 0 Å². The third-order valence-electron chi connectivity index (χ3n) is 4.46. The van der Waals surface area contributed by atoms with E-state index in [1.807, 2.05) is 31.1 Å². The quantitative estimate of drug-likeness (QED) is 0.871. The maximum absolute atomic E-state index is 12.6. The molecule has 23 heavy (non-hydrogen) atoms. The van der Waals surface area contributed by atoms with Gasteiger partial charge in [-0.15, -0.1) is 0 Å². The zero-order valence-corrected chi connectivity index (χ0v) is 13.7. The van der Waals surface area contributed by atoms with Crippen molar-refractivity contribution in [2.75, 3.05) is 20.6 Å². The first-order chi connectivity index (χ1) is 11.1. The molecule has 1 heterocycles. The van der Waals surface area contributed by atoms with Gasteiger partial charge in [0.05, 0.1) is 5.69 Å². The Kier molecular flexibility index (Phi) is 4.31. The molecule has 0 amide bonds. The summed E-state index contributed by atoms with van der Waals surface area (Å²) in [6, 6.07) is 12.0. The Labute approximate surface area is 136 Å². The van der Waals surface area contributed by atoms with E-state index in [9.17, 15) is 4.79 Å². The molecule has 4 heteroatoms. The summed E-state index contributed by atoms with van der Waals surface area (Å²) in [5.74, 6) is 0. The molecule has 118 valence electrons. The highest BCUT2D eigenvalue weighted by molar-refractivity contribution is 5.63. The predicted octanol–water partition coefficient (Wildman–Crippen LogP) is 2.44. The molecular formula is C19H21N3O. The largest absolute Gasteiger partial charge is 0.308 e. The van der Waals surface area contributed by atoms with E-state index >= 15 is 0 Å². The van der Waals surface area contributed by atoms with Gasteiger partial charge < -0.3 is 9.47 Å². The number of nitrogens with zero attached hydrogens (tertiary/aromatic N) is 3. The highest BCUT2D eigenvalue weighted by atomic mass is 16.1. The van der Waals surface area contributed by atoms with E-state index in [2.05, 4.69) is 18.2 Å². The summed E-state index contributed by atoms with van der Waals surface area (Å²) in [6.45, 7) is 1.33. The second kappa shape index (κ2) is 6.39. The van der Waals surface area contributed by atoms with E-state index in [4.69, 9.17) is 5.26 Å². The highest BCUT2D eigenvalue weighted by Gasteiger charge is 2.15. The lowest BCUT2D eigenvalue weighted by Gasteiger charge is -2.17. The van der Waals surface area contributed by atoms with Crippen LogP contribution in [0.15, 0.2) is 35.1 Å². The molecular weight excluding hydrogens is 286 g/mol. The number of likely N-dealkylation sites (N-methyl/N-ethyl adjacent to an activating group) is 1. The fourth-order valence-electron chi connectivity index (χ4n) is 3.17.